The van der Waals surface area contributed by atoms with Crippen molar-refractivity contribution in [2.75, 3.05) is 12.3 Å². The Morgan fingerprint density at radius 1 is 1.35 bits per heavy atom. The number of unbranched alkanes of at least 4 members (excludes halogenated alkanes) is 3. The Labute approximate surface area is 126 Å². The Kier molecular flexibility index (Phi) is 7.37. The number of rotatable bonds is 8. The van der Waals surface area contributed by atoms with Crippen LogP contribution in [0, 0.1) is 5.92 Å². The molecule has 5 heteroatoms. The summed E-state index contributed by atoms with van der Waals surface area (Å²) in [6.07, 6.45) is 7.28. The van der Waals surface area contributed by atoms with Crippen LogP contribution in [-0.2, 0) is 0 Å². The first kappa shape index (κ1) is 16.8. The van der Waals surface area contributed by atoms with E-state index in [0.29, 0.717) is 22.9 Å². The van der Waals surface area contributed by atoms with Crippen LogP contribution < -0.4 is 11.1 Å². The summed E-state index contributed by atoms with van der Waals surface area (Å²) in [7, 11) is 0. The fourth-order valence-electron chi connectivity index (χ4n) is 1.96. The summed E-state index contributed by atoms with van der Waals surface area (Å²) in [4.78, 5) is 15.7. The topological polar surface area (TPSA) is 68.0 Å². The largest absolute Gasteiger partial charge is 0.384 e. The van der Waals surface area contributed by atoms with Crippen LogP contribution in [0.15, 0.2) is 12.3 Å². The zero-order valence-electron chi connectivity index (χ0n) is 12.3. The van der Waals surface area contributed by atoms with Crippen LogP contribution in [0.4, 0.5) is 5.82 Å². The van der Waals surface area contributed by atoms with Crippen molar-refractivity contribution in [3.05, 3.63) is 22.8 Å². The van der Waals surface area contributed by atoms with Crippen molar-refractivity contribution >= 4 is 23.3 Å². The molecule has 0 saturated heterocycles. The standard InChI is InChI=1S/C15H24ClN3O/c1-11(2)7-5-3-4-6-8-18-15(20)12-9-14(17)19-10-13(12)16/h9-11H,3-8H2,1-2H3,(H2,17,19)(H,18,20). The molecule has 112 valence electrons. The smallest absolute Gasteiger partial charge is 0.252 e. The number of carbonyl (C=O) groups excluding carboxylic acids is 1. The average molecular weight is 298 g/mol. The number of carbonyl (C=O) groups is 1. The highest BCUT2D eigenvalue weighted by Gasteiger charge is 2.10. The number of nitrogens with two attached hydrogens (primary N) is 1. The Hall–Kier alpha value is -1.29. The van der Waals surface area contributed by atoms with Crippen molar-refractivity contribution in [2.45, 2.75) is 46.0 Å². The zero-order chi connectivity index (χ0) is 15.0. The van der Waals surface area contributed by atoms with Gasteiger partial charge in [0.05, 0.1) is 10.6 Å². The van der Waals surface area contributed by atoms with E-state index >= 15 is 0 Å². The van der Waals surface area contributed by atoms with Gasteiger partial charge in [-0.15, -0.1) is 0 Å². The van der Waals surface area contributed by atoms with Gasteiger partial charge < -0.3 is 11.1 Å². The van der Waals surface area contributed by atoms with Crippen LogP contribution >= 0.6 is 11.6 Å². The van der Waals surface area contributed by atoms with E-state index in [1.54, 1.807) is 0 Å². The molecule has 0 radical (unpaired) electrons. The summed E-state index contributed by atoms with van der Waals surface area (Å²) >= 11 is 5.92. The SMILES string of the molecule is CC(C)CCCCCCNC(=O)c1cc(N)ncc1Cl. The molecule has 3 N–H and O–H groups in total. The quantitative estimate of drug-likeness (QED) is 0.720. The number of nitrogens with zero attached hydrogens (tertiary/aromatic N) is 1. The lowest BCUT2D eigenvalue weighted by Crippen LogP contribution is -2.25. The van der Waals surface area contributed by atoms with Gasteiger partial charge in [-0.25, -0.2) is 4.98 Å². The number of nitrogen functional groups attached to an aromatic ring is 1. The lowest BCUT2D eigenvalue weighted by Gasteiger charge is -2.07. The molecule has 20 heavy (non-hydrogen) atoms. The van der Waals surface area contributed by atoms with Crippen LogP contribution in [0.3, 0.4) is 0 Å². The van der Waals surface area contributed by atoms with Gasteiger partial charge >= 0.3 is 0 Å². The van der Waals surface area contributed by atoms with Gasteiger partial charge in [-0.1, -0.05) is 51.1 Å². The van der Waals surface area contributed by atoms with Crippen molar-refractivity contribution in [2.24, 2.45) is 5.92 Å². The molecule has 0 bridgehead atoms. The first-order chi connectivity index (χ1) is 9.50. The van der Waals surface area contributed by atoms with Gasteiger partial charge in [0, 0.05) is 12.7 Å². The van der Waals surface area contributed by atoms with Crippen LogP contribution in [0.5, 0.6) is 0 Å². The highest BCUT2D eigenvalue weighted by atomic mass is 35.5. The van der Waals surface area contributed by atoms with Crippen molar-refractivity contribution < 1.29 is 4.79 Å². The molecule has 0 fully saturated rings. The molecule has 1 aromatic heterocycles. The third-order valence-corrected chi connectivity index (χ3v) is 3.42. The van der Waals surface area contributed by atoms with Gasteiger partial charge in [0.2, 0.25) is 0 Å². The number of halogens is 1. The molecule has 1 rings (SSSR count). The van der Waals surface area contributed by atoms with E-state index in [9.17, 15) is 4.79 Å². The molecular weight excluding hydrogens is 274 g/mol. The Balaban J connectivity index is 2.22. The molecule has 0 atom stereocenters. The van der Waals surface area contributed by atoms with Gasteiger partial charge in [0.15, 0.2) is 0 Å². The van der Waals surface area contributed by atoms with Gasteiger partial charge in [-0.05, 0) is 18.4 Å². The second-order valence-corrected chi connectivity index (χ2v) is 5.85. The number of hydrogen-bond donors (Lipinski definition) is 2. The number of aromatic nitrogens is 1. The lowest BCUT2D eigenvalue weighted by molar-refractivity contribution is 0.0953. The Morgan fingerprint density at radius 3 is 2.75 bits per heavy atom. The highest BCUT2D eigenvalue weighted by molar-refractivity contribution is 6.33. The molecule has 0 aliphatic rings. The molecule has 0 aromatic carbocycles. The first-order valence-corrected chi connectivity index (χ1v) is 7.57. The predicted octanol–water partition coefficient (Wildman–Crippen LogP) is 3.65. The number of hydrogen-bond acceptors (Lipinski definition) is 3. The van der Waals surface area contributed by atoms with Crippen LogP contribution in [0.2, 0.25) is 5.02 Å². The molecule has 4 nitrogen and oxygen atoms in total. The van der Waals surface area contributed by atoms with E-state index in [1.165, 1.54) is 31.5 Å². The summed E-state index contributed by atoms with van der Waals surface area (Å²) in [5, 5.41) is 3.19. The summed E-state index contributed by atoms with van der Waals surface area (Å²) in [5.41, 5.74) is 5.94. The van der Waals surface area contributed by atoms with E-state index in [2.05, 4.69) is 24.1 Å². The van der Waals surface area contributed by atoms with E-state index in [1.807, 2.05) is 0 Å². The minimum Gasteiger partial charge on any atom is -0.384 e. The van der Waals surface area contributed by atoms with Crippen molar-refractivity contribution in [1.29, 1.82) is 0 Å². The highest BCUT2D eigenvalue weighted by Crippen LogP contribution is 2.16. The first-order valence-electron chi connectivity index (χ1n) is 7.20. The maximum absolute atomic E-state index is 11.9. The number of anilines is 1. The zero-order valence-corrected chi connectivity index (χ0v) is 13.0. The molecule has 0 spiro atoms. The molecule has 1 aromatic rings. The molecule has 1 amide bonds. The number of amides is 1. The minimum absolute atomic E-state index is 0.189. The number of nitrogens with one attached hydrogen (secondary N) is 1. The normalized spacial score (nSPS) is 10.8. The van der Waals surface area contributed by atoms with E-state index in [0.717, 1.165) is 18.8 Å². The molecule has 0 saturated carbocycles. The van der Waals surface area contributed by atoms with Crippen molar-refractivity contribution in [1.82, 2.24) is 10.3 Å². The fourth-order valence-corrected chi connectivity index (χ4v) is 2.15. The fraction of sp³-hybridized carbons (Fsp3) is 0.600. The average Bonchev–Trinajstić information content (AvgIpc) is 2.39. The summed E-state index contributed by atoms with van der Waals surface area (Å²) < 4.78 is 0. The predicted molar refractivity (Wildman–Crippen MR) is 83.9 cm³/mol. The number of pyridine rings is 1. The Bertz CT molecular complexity index is 435. The third-order valence-electron chi connectivity index (χ3n) is 3.11. The summed E-state index contributed by atoms with van der Waals surface area (Å²) in [5.74, 6) is 0.883. The van der Waals surface area contributed by atoms with E-state index < -0.39 is 0 Å². The van der Waals surface area contributed by atoms with Gasteiger partial charge in [-0.2, -0.15) is 0 Å². The van der Waals surface area contributed by atoms with E-state index in [-0.39, 0.29) is 5.91 Å². The minimum atomic E-state index is -0.189. The second-order valence-electron chi connectivity index (χ2n) is 5.44. The van der Waals surface area contributed by atoms with Gasteiger partial charge in [0.1, 0.15) is 5.82 Å². The maximum atomic E-state index is 11.9. The maximum Gasteiger partial charge on any atom is 0.252 e. The molecule has 1 heterocycles. The lowest BCUT2D eigenvalue weighted by atomic mass is 10.0. The van der Waals surface area contributed by atoms with Crippen LogP contribution in [0.25, 0.3) is 0 Å². The molecule has 0 unspecified atom stereocenters. The Morgan fingerprint density at radius 2 is 2.05 bits per heavy atom. The molecular formula is C15H24ClN3O. The second kappa shape index (κ2) is 8.80. The summed E-state index contributed by atoms with van der Waals surface area (Å²) in [6, 6.07) is 1.50. The van der Waals surface area contributed by atoms with Crippen molar-refractivity contribution in [3.63, 3.8) is 0 Å². The molecule has 0 aliphatic heterocycles. The van der Waals surface area contributed by atoms with Crippen LogP contribution in [0.1, 0.15) is 56.3 Å². The van der Waals surface area contributed by atoms with Gasteiger partial charge in [0.25, 0.3) is 5.91 Å². The van der Waals surface area contributed by atoms with E-state index in [4.69, 9.17) is 17.3 Å². The van der Waals surface area contributed by atoms with Crippen molar-refractivity contribution in [3.8, 4) is 0 Å². The van der Waals surface area contributed by atoms with Crippen LogP contribution in [-0.4, -0.2) is 17.4 Å². The summed E-state index contributed by atoms with van der Waals surface area (Å²) in [6.45, 7) is 5.15. The monoisotopic (exact) mass is 297 g/mol. The third kappa shape index (κ3) is 6.24. The molecule has 0 aliphatic carbocycles. The van der Waals surface area contributed by atoms with Gasteiger partial charge in [-0.3, -0.25) is 4.79 Å².